The van der Waals surface area contributed by atoms with E-state index in [0.29, 0.717) is 17.9 Å². The second kappa shape index (κ2) is 14.0. The third kappa shape index (κ3) is 7.48. The Morgan fingerprint density at radius 1 is 1.12 bits per heavy atom. The number of nitrogens with zero attached hydrogens (tertiary/aromatic N) is 3. The SMILES string of the molecule is CCNC(=NCC(C1CCOC1)N1CCOCC1)N1CCC(CSc2ccccc2)C1.I. The maximum absolute atomic E-state index is 5.73. The Kier molecular flexibility index (Phi) is 11.4. The summed E-state index contributed by atoms with van der Waals surface area (Å²) < 4.78 is 11.3. The van der Waals surface area contributed by atoms with Gasteiger partial charge in [-0.25, -0.2) is 0 Å². The zero-order chi connectivity index (χ0) is 21.3. The largest absolute Gasteiger partial charge is 0.381 e. The lowest BCUT2D eigenvalue weighted by molar-refractivity contribution is 0.00364. The number of ether oxygens (including phenoxy) is 2. The average Bonchev–Trinajstić information content (AvgIpc) is 3.51. The molecule has 0 saturated carbocycles. The van der Waals surface area contributed by atoms with Crippen molar-refractivity contribution in [3.63, 3.8) is 0 Å². The molecule has 0 aromatic heterocycles. The number of aliphatic imine (C=N–C) groups is 1. The molecule has 3 atom stereocenters. The van der Waals surface area contributed by atoms with Gasteiger partial charge >= 0.3 is 0 Å². The summed E-state index contributed by atoms with van der Waals surface area (Å²) in [5.41, 5.74) is 0. The molecule has 0 spiro atoms. The van der Waals surface area contributed by atoms with Gasteiger partial charge < -0.3 is 19.7 Å². The van der Waals surface area contributed by atoms with Crippen molar-refractivity contribution in [2.75, 3.05) is 71.4 Å². The molecule has 6 nitrogen and oxygen atoms in total. The monoisotopic (exact) mass is 574 g/mol. The summed E-state index contributed by atoms with van der Waals surface area (Å²) in [5.74, 6) is 3.56. The zero-order valence-electron chi connectivity index (χ0n) is 19.3. The van der Waals surface area contributed by atoms with Crippen molar-refractivity contribution in [3.05, 3.63) is 30.3 Å². The number of nitrogens with one attached hydrogen (secondary N) is 1. The van der Waals surface area contributed by atoms with Gasteiger partial charge in [-0.3, -0.25) is 9.89 Å². The highest BCUT2D eigenvalue weighted by Gasteiger charge is 2.32. The lowest BCUT2D eigenvalue weighted by atomic mass is 9.97. The quantitative estimate of drug-likeness (QED) is 0.222. The molecule has 3 heterocycles. The van der Waals surface area contributed by atoms with Crippen LogP contribution in [0.15, 0.2) is 40.2 Å². The minimum absolute atomic E-state index is 0. The molecule has 3 fully saturated rings. The number of thioether (sulfide) groups is 1. The third-order valence-electron chi connectivity index (χ3n) is 6.60. The Balaban J connectivity index is 0.00000289. The zero-order valence-corrected chi connectivity index (χ0v) is 22.4. The molecule has 0 radical (unpaired) electrons. The van der Waals surface area contributed by atoms with Gasteiger partial charge in [-0.2, -0.15) is 0 Å². The molecule has 4 rings (SSSR count). The number of halogens is 1. The molecule has 0 bridgehead atoms. The van der Waals surface area contributed by atoms with Crippen LogP contribution in [0.25, 0.3) is 0 Å². The maximum Gasteiger partial charge on any atom is 0.193 e. The molecule has 3 saturated heterocycles. The van der Waals surface area contributed by atoms with E-state index in [0.717, 1.165) is 78.1 Å². The molecule has 0 aliphatic carbocycles. The van der Waals surface area contributed by atoms with Crippen molar-refractivity contribution in [1.82, 2.24) is 15.1 Å². The Bertz CT molecular complexity index is 684. The van der Waals surface area contributed by atoms with Gasteiger partial charge in [-0.1, -0.05) is 18.2 Å². The van der Waals surface area contributed by atoms with E-state index in [9.17, 15) is 0 Å². The van der Waals surface area contributed by atoms with Gasteiger partial charge in [0.15, 0.2) is 5.96 Å². The van der Waals surface area contributed by atoms with E-state index in [1.807, 2.05) is 11.8 Å². The minimum Gasteiger partial charge on any atom is -0.381 e. The first kappa shape index (κ1) is 26.1. The number of hydrogen-bond acceptors (Lipinski definition) is 5. The van der Waals surface area contributed by atoms with Gasteiger partial charge in [0.05, 0.1) is 26.4 Å². The highest BCUT2D eigenvalue weighted by Crippen LogP contribution is 2.26. The van der Waals surface area contributed by atoms with E-state index < -0.39 is 0 Å². The highest BCUT2D eigenvalue weighted by molar-refractivity contribution is 14.0. The Labute approximate surface area is 214 Å². The van der Waals surface area contributed by atoms with Crippen molar-refractivity contribution in [3.8, 4) is 0 Å². The Hall–Kier alpha value is -0.550. The second-order valence-corrected chi connectivity index (χ2v) is 9.85. The van der Waals surface area contributed by atoms with Crippen LogP contribution in [0.4, 0.5) is 0 Å². The lowest BCUT2D eigenvalue weighted by Crippen LogP contribution is -2.49. The van der Waals surface area contributed by atoms with Gasteiger partial charge in [0.2, 0.25) is 0 Å². The lowest BCUT2D eigenvalue weighted by Gasteiger charge is -2.37. The van der Waals surface area contributed by atoms with E-state index in [1.165, 1.54) is 17.1 Å². The smallest absolute Gasteiger partial charge is 0.193 e. The van der Waals surface area contributed by atoms with Crippen LogP contribution in [0, 0.1) is 11.8 Å². The molecule has 1 aromatic carbocycles. The van der Waals surface area contributed by atoms with E-state index in [-0.39, 0.29) is 24.0 Å². The summed E-state index contributed by atoms with van der Waals surface area (Å²) in [6.07, 6.45) is 2.39. The van der Waals surface area contributed by atoms with Crippen LogP contribution >= 0.6 is 35.7 Å². The Morgan fingerprint density at radius 3 is 2.66 bits per heavy atom. The fourth-order valence-corrected chi connectivity index (χ4v) is 5.88. The number of guanidine groups is 1. The first-order valence-corrected chi connectivity index (χ1v) is 12.9. The van der Waals surface area contributed by atoms with Crippen LogP contribution in [-0.4, -0.2) is 93.3 Å². The van der Waals surface area contributed by atoms with Gasteiger partial charge in [0.1, 0.15) is 0 Å². The second-order valence-electron chi connectivity index (χ2n) is 8.76. The Morgan fingerprint density at radius 2 is 1.94 bits per heavy atom. The van der Waals surface area contributed by atoms with Gasteiger partial charge in [0, 0.05) is 61.9 Å². The number of rotatable bonds is 8. The molecule has 1 N–H and O–H groups in total. The normalized spacial score (nSPS) is 25.5. The molecule has 32 heavy (non-hydrogen) atoms. The van der Waals surface area contributed by atoms with Crippen LogP contribution in [0.3, 0.4) is 0 Å². The van der Waals surface area contributed by atoms with Crippen LogP contribution in [0.1, 0.15) is 19.8 Å². The van der Waals surface area contributed by atoms with E-state index >= 15 is 0 Å². The number of hydrogen-bond donors (Lipinski definition) is 1. The van der Waals surface area contributed by atoms with E-state index in [2.05, 4.69) is 52.4 Å². The van der Waals surface area contributed by atoms with Crippen molar-refractivity contribution in [2.24, 2.45) is 16.8 Å². The molecule has 0 amide bonds. The van der Waals surface area contributed by atoms with E-state index in [1.54, 1.807) is 0 Å². The van der Waals surface area contributed by atoms with Crippen molar-refractivity contribution in [2.45, 2.75) is 30.7 Å². The van der Waals surface area contributed by atoms with Crippen LogP contribution < -0.4 is 5.32 Å². The maximum atomic E-state index is 5.73. The van der Waals surface area contributed by atoms with Crippen LogP contribution in [0.2, 0.25) is 0 Å². The number of benzene rings is 1. The highest BCUT2D eigenvalue weighted by atomic mass is 127. The molecular weight excluding hydrogens is 535 g/mol. The summed E-state index contributed by atoms with van der Waals surface area (Å²) >= 11 is 1.98. The summed E-state index contributed by atoms with van der Waals surface area (Å²) in [4.78, 5) is 11.6. The number of morpholine rings is 1. The summed E-state index contributed by atoms with van der Waals surface area (Å²) in [7, 11) is 0. The number of likely N-dealkylation sites (tertiary alicyclic amines) is 1. The van der Waals surface area contributed by atoms with Crippen molar-refractivity contribution >= 4 is 41.7 Å². The summed E-state index contributed by atoms with van der Waals surface area (Å²) in [6.45, 7) is 11.6. The predicted octanol–water partition coefficient (Wildman–Crippen LogP) is 3.42. The predicted molar refractivity (Wildman–Crippen MR) is 143 cm³/mol. The molecule has 180 valence electrons. The first-order chi connectivity index (χ1) is 15.3. The molecular formula is C24H39IN4O2S. The standard InChI is InChI=1S/C24H38N4O2S.HI/c1-2-25-24(28-10-8-20(17-28)19-31-22-6-4-3-5-7-22)26-16-23(21-9-13-30-18-21)27-11-14-29-15-12-27;/h3-7,20-21,23H,2,8-19H2,1H3,(H,25,26);1H. The summed E-state index contributed by atoms with van der Waals surface area (Å²) in [6, 6.07) is 11.2. The van der Waals surface area contributed by atoms with E-state index in [4.69, 9.17) is 14.5 Å². The average molecular weight is 575 g/mol. The van der Waals surface area contributed by atoms with Crippen LogP contribution in [-0.2, 0) is 9.47 Å². The van der Waals surface area contributed by atoms with Gasteiger partial charge in [-0.05, 0) is 37.8 Å². The van der Waals surface area contributed by atoms with Gasteiger partial charge in [-0.15, -0.1) is 35.7 Å². The molecule has 3 aliphatic rings. The van der Waals surface area contributed by atoms with Gasteiger partial charge in [0.25, 0.3) is 0 Å². The topological polar surface area (TPSA) is 49.3 Å². The first-order valence-electron chi connectivity index (χ1n) is 11.9. The van der Waals surface area contributed by atoms with Crippen LogP contribution in [0.5, 0.6) is 0 Å². The third-order valence-corrected chi connectivity index (χ3v) is 7.84. The molecule has 8 heteroatoms. The fourth-order valence-electron chi connectivity index (χ4n) is 4.83. The molecule has 3 aliphatic heterocycles. The summed E-state index contributed by atoms with van der Waals surface area (Å²) in [5, 5.41) is 3.56. The van der Waals surface area contributed by atoms with Crippen molar-refractivity contribution < 1.29 is 9.47 Å². The molecule has 3 unspecified atom stereocenters. The minimum atomic E-state index is 0. The van der Waals surface area contributed by atoms with Crippen molar-refractivity contribution in [1.29, 1.82) is 0 Å². The molecule has 1 aromatic rings. The fraction of sp³-hybridized carbons (Fsp3) is 0.708.